The molecule has 0 amide bonds. The highest BCUT2D eigenvalue weighted by molar-refractivity contribution is 5.35. The van der Waals surface area contributed by atoms with Gasteiger partial charge in [0.15, 0.2) is 0 Å². The van der Waals surface area contributed by atoms with E-state index in [1.54, 1.807) is 19.5 Å². The third-order valence-corrected chi connectivity index (χ3v) is 6.00. The summed E-state index contributed by atoms with van der Waals surface area (Å²) in [5, 5.41) is 0. The molecular weight excluding hydrogens is 338 g/mol. The van der Waals surface area contributed by atoms with E-state index in [2.05, 4.69) is 24.8 Å². The van der Waals surface area contributed by atoms with Crippen LogP contribution in [0.25, 0.3) is 0 Å². The Labute approximate surface area is 161 Å². The molecule has 4 rings (SSSR count). The van der Waals surface area contributed by atoms with Crippen LogP contribution in [0.1, 0.15) is 37.3 Å². The first-order chi connectivity index (χ1) is 13.3. The minimum atomic E-state index is 0.524. The highest BCUT2D eigenvalue weighted by Gasteiger charge is 2.27. The molecule has 2 aliphatic heterocycles. The predicted octanol–water partition coefficient (Wildman–Crippen LogP) is 2.98. The topological polar surface area (TPSA) is 54.4 Å². The minimum absolute atomic E-state index is 0.524. The molecule has 0 N–H and O–H groups in total. The van der Waals surface area contributed by atoms with E-state index >= 15 is 0 Å². The second kappa shape index (κ2) is 8.65. The minimum Gasteiger partial charge on any atom is -0.495 e. The zero-order valence-corrected chi connectivity index (χ0v) is 16.1. The molecule has 2 saturated heterocycles. The molecule has 0 aromatic carbocycles. The fourth-order valence-electron chi connectivity index (χ4n) is 4.44. The summed E-state index contributed by atoms with van der Waals surface area (Å²) in [6.45, 7) is 5.72. The van der Waals surface area contributed by atoms with Crippen LogP contribution in [-0.2, 0) is 0 Å². The van der Waals surface area contributed by atoms with Crippen molar-refractivity contribution in [3.8, 4) is 5.75 Å². The van der Waals surface area contributed by atoms with Crippen LogP contribution in [0, 0.1) is 5.92 Å². The first-order valence-electron chi connectivity index (χ1n) is 10.1. The van der Waals surface area contributed by atoms with Gasteiger partial charge in [-0.05, 0) is 56.8 Å². The smallest absolute Gasteiger partial charge is 0.147 e. The summed E-state index contributed by atoms with van der Waals surface area (Å²) in [7, 11) is 1.74. The summed E-state index contributed by atoms with van der Waals surface area (Å²) in [4.78, 5) is 18.2. The maximum absolute atomic E-state index is 5.50. The van der Waals surface area contributed by atoms with Gasteiger partial charge in [0.1, 0.15) is 11.6 Å². The standard InChI is InChI=1S/C21H29N5O/c1-27-19-3-2-8-24-21(19)18-6-11-25(12-7-18)16-17-4-13-26(14-5-17)20-15-22-9-10-23-20/h2-3,8-10,15,17-18H,4-7,11-14,16H2,1H3. The van der Waals surface area contributed by atoms with E-state index in [-0.39, 0.29) is 0 Å². The van der Waals surface area contributed by atoms with Crippen molar-refractivity contribution in [2.24, 2.45) is 5.92 Å². The third-order valence-electron chi connectivity index (χ3n) is 6.00. The molecule has 4 heterocycles. The molecule has 144 valence electrons. The SMILES string of the molecule is COc1cccnc1C1CCN(CC2CCN(c3cnccn3)CC2)CC1. The Morgan fingerprint density at radius 1 is 1.00 bits per heavy atom. The normalized spacial score (nSPS) is 20.0. The lowest BCUT2D eigenvalue weighted by Gasteiger charge is -2.38. The maximum atomic E-state index is 5.50. The highest BCUT2D eigenvalue weighted by Crippen LogP contribution is 2.33. The first kappa shape index (κ1) is 18.2. The van der Waals surface area contributed by atoms with Crippen LogP contribution in [0.3, 0.4) is 0 Å². The zero-order valence-electron chi connectivity index (χ0n) is 16.1. The van der Waals surface area contributed by atoms with Gasteiger partial charge in [-0.3, -0.25) is 9.97 Å². The van der Waals surface area contributed by atoms with Crippen molar-refractivity contribution in [3.63, 3.8) is 0 Å². The van der Waals surface area contributed by atoms with Crippen molar-refractivity contribution in [1.82, 2.24) is 19.9 Å². The number of pyridine rings is 1. The third kappa shape index (κ3) is 4.38. The molecule has 0 unspecified atom stereocenters. The molecule has 0 radical (unpaired) electrons. The van der Waals surface area contributed by atoms with E-state index < -0.39 is 0 Å². The fourth-order valence-corrected chi connectivity index (χ4v) is 4.44. The van der Waals surface area contributed by atoms with Gasteiger partial charge >= 0.3 is 0 Å². The molecule has 27 heavy (non-hydrogen) atoms. The summed E-state index contributed by atoms with van der Waals surface area (Å²) in [5.41, 5.74) is 1.14. The van der Waals surface area contributed by atoms with Crippen molar-refractivity contribution < 1.29 is 4.74 Å². The number of hydrogen-bond donors (Lipinski definition) is 0. The molecule has 2 aromatic rings. The largest absolute Gasteiger partial charge is 0.495 e. The average Bonchev–Trinajstić information content (AvgIpc) is 2.75. The zero-order chi connectivity index (χ0) is 18.5. The van der Waals surface area contributed by atoms with E-state index in [1.165, 1.54) is 32.2 Å². The summed E-state index contributed by atoms with van der Waals surface area (Å²) >= 11 is 0. The van der Waals surface area contributed by atoms with Gasteiger partial charge in [0, 0.05) is 44.1 Å². The van der Waals surface area contributed by atoms with Gasteiger partial charge in [-0.1, -0.05) is 0 Å². The monoisotopic (exact) mass is 367 g/mol. The number of rotatable bonds is 5. The van der Waals surface area contributed by atoms with Crippen LogP contribution >= 0.6 is 0 Å². The second-order valence-corrected chi connectivity index (χ2v) is 7.66. The molecule has 0 saturated carbocycles. The lowest BCUT2D eigenvalue weighted by atomic mass is 9.90. The van der Waals surface area contributed by atoms with Gasteiger partial charge in [-0.15, -0.1) is 0 Å². The van der Waals surface area contributed by atoms with Gasteiger partial charge in [0.05, 0.1) is 19.0 Å². The molecule has 0 bridgehead atoms. The second-order valence-electron chi connectivity index (χ2n) is 7.66. The number of nitrogens with zero attached hydrogens (tertiary/aromatic N) is 5. The van der Waals surface area contributed by atoms with Crippen molar-refractivity contribution >= 4 is 5.82 Å². The molecule has 6 heteroatoms. The number of aromatic nitrogens is 3. The van der Waals surface area contributed by atoms with E-state index in [1.807, 2.05) is 24.5 Å². The molecule has 2 aromatic heterocycles. The number of methoxy groups -OCH3 is 1. The van der Waals surface area contributed by atoms with Gasteiger partial charge in [0.2, 0.25) is 0 Å². The average molecular weight is 367 g/mol. The van der Waals surface area contributed by atoms with Crippen LogP contribution in [-0.4, -0.2) is 59.7 Å². The summed E-state index contributed by atoms with van der Waals surface area (Å²) in [6.07, 6.45) is 12.1. The summed E-state index contributed by atoms with van der Waals surface area (Å²) in [6, 6.07) is 3.98. The lowest BCUT2D eigenvalue weighted by Crippen LogP contribution is -2.41. The van der Waals surface area contributed by atoms with Crippen LogP contribution in [0.15, 0.2) is 36.9 Å². The van der Waals surface area contributed by atoms with Crippen LogP contribution in [0.2, 0.25) is 0 Å². The predicted molar refractivity (Wildman–Crippen MR) is 106 cm³/mol. The van der Waals surface area contributed by atoms with Crippen LogP contribution in [0.4, 0.5) is 5.82 Å². The van der Waals surface area contributed by atoms with Crippen molar-refractivity contribution in [2.45, 2.75) is 31.6 Å². The summed E-state index contributed by atoms with van der Waals surface area (Å²) < 4.78 is 5.50. The Bertz CT molecular complexity index is 710. The number of ether oxygens (including phenoxy) is 1. The van der Waals surface area contributed by atoms with Crippen LogP contribution < -0.4 is 9.64 Å². The molecular formula is C21H29N5O. The first-order valence-corrected chi connectivity index (χ1v) is 10.1. The molecule has 0 atom stereocenters. The molecule has 6 nitrogen and oxygen atoms in total. The van der Waals surface area contributed by atoms with E-state index in [0.717, 1.165) is 49.4 Å². The van der Waals surface area contributed by atoms with Gasteiger partial charge < -0.3 is 14.5 Å². The van der Waals surface area contributed by atoms with Crippen molar-refractivity contribution in [2.75, 3.05) is 44.7 Å². The molecule has 0 aliphatic carbocycles. The molecule has 2 fully saturated rings. The Kier molecular flexibility index (Phi) is 5.82. The molecule has 0 spiro atoms. The number of anilines is 1. The van der Waals surface area contributed by atoms with Crippen molar-refractivity contribution in [3.05, 3.63) is 42.6 Å². The van der Waals surface area contributed by atoms with Gasteiger partial charge in [-0.25, -0.2) is 4.98 Å². The Morgan fingerprint density at radius 3 is 2.52 bits per heavy atom. The lowest BCUT2D eigenvalue weighted by molar-refractivity contribution is 0.168. The van der Waals surface area contributed by atoms with Crippen LogP contribution in [0.5, 0.6) is 5.75 Å². The van der Waals surface area contributed by atoms with Gasteiger partial charge in [-0.2, -0.15) is 0 Å². The van der Waals surface area contributed by atoms with E-state index in [0.29, 0.717) is 5.92 Å². The highest BCUT2D eigenvalue weighted by atomic mass is 16.5. The fraction of sp³-hybridized carbons (Fsp3) is 0.571. The number of likely N-dealkylation sites (tertiary alicyclic amines) is 1. The summed E-state index contributed by atoms with van der Waals surface area (Å²) in [5.74, 6) is 3.27. The Hall–Kier alpha value is -2.21. The Morgan fingerprint density at radius 2 is 1.81 bits per heavy atom. The number of hydrogen-bond acceptors (Lipinski definition) is 6. The quantitative estimate of drug-likeness (QED) is 0.810. The van der Waals surface area contributed by atoms with Crippen molar-refractivity contribution in [1.29, 1.82) is 0 Å². The number of piperidine rings is 2. The maximum Gasteiger partial charge on any atom is 0.147 e. The Balaban J connectivity index is 1.24. The van der Waals surface area contributed by atoms with Gasteiger partial charge in [0.25, 0.3) is 0 Å². The van der Waals surface area contributed by atoms with E-state index in [4.69, 9.17) is 4.74 Å². The molecule has 2 aliphatic rings. The van der Waals surface area contributed by atoms with E-state index in [9.17, 15) is 0 Å².